The van der Waals surface area contributed by atoms with E-state index in [4.69, 9.17) is 0 Å². The number of fused-ring (bicyclic) bond motifs is 1. The van der Waals surface area contributed by atoms with Crippen molar-refractivity contribution in [3.8, 4) is 0 Å². The van der Waals surface area contributed by atoms with E-state index in [0.717, 1.165) is 24.7 Å². The van der Waals surface area contributed by atoms with Gasteiger partial charge in [-0.2, -0.15) is 0 Å². The van der Waals surface area contributed by atoms with Gasteiger partial charge >= 0.3 is 0 Å². The van der Waals surface area contributed by atoms with Crippen molar-refractivity contribution < 1.29 is 0 Å². The lowest BCUT2D eigenvalue weighted by Crippen LogP contribution is -2.01. The molecule has 0 bridgehead atoms. The monoisotopic (exact) mass is 195 g/mol. The van der Waals surface area contributed by atoms with E-state index in [1.807, 2.05) is 6.26 Å². The molecule has 1 aliphatic heterocycles. The first-order chi connectivity index (χ1) is 6.35. The van der Waals surface area contributed by atoms with Crippen LogP contribution in [0.3, 0.4) is 0 Å². The van der Waals surface area contributed by atoms with E-state index in [-0.39, 0.29) is 0 Å². The van der Waals surface area contributed by atoms with E-state index in [2.05, 4.69) is 22.2 Å². The molecule has 1 aliphatic rings. The van der Waals surface area contributed by atoms with E-state index < -0.39 is 0 Å². The maximum atomic E-state index is 4.49. The van der Waals surface area contributed by atoms with Crippen molar-refractivity contribution in [2.24, 2.45) is 0 Å². The van der Waals surface area contributed by atoms with Crippen LogP contribution in [0, 0.1) is 0 Å². The van der Waals surface area contributed by atoms with Crippen LogP contribution < -0.4 is 5.32 Å². The molecule has 0 atom stereocenters. The van der Waals surface area contributed by atoms with Gasteiger partial charge in [-0.3, -0.25) is 0 Å². The molecule has 70 valence electrons. The van der Waals surface area contributed by atoms with Crippen molar-refractivity contribution in [3.63, 3.8) is 0 Å². The highest BCUT2D eigenvalue weighted by Gasteiger charge is 2.17. The Balaban J connectivity index is 2.49. The number of rotatable bonds is 2. The van der Waals surface area contributed by atoms with Gasteiger partial charge in [-0.25, -0.2) is 9.97 Å². The summed E-state index contributed by atoms with van der Waals surface area (Å²) in [4.78, 5) is 8.96. The number of thioether (sulfide) groups is 1. The lowest BCUT2D eigenvalue weighted by molar-refractivity contribution is 0.754. The Morgan fingerprint density at radius 2 is 2.23 bits per heavy atom. The third-order valence-corrected chi connectivity index (χ3v) is 2.82. The fourth-order valence-corrected chi connectivity index (χ4v) is 2.00. The second kappa shape index (κ2) is 3.64. The average Bonchev–Trinajstić information content (AvgIpc) is 2.63. The Labute approximate surface area is 82.4 Å². The largest absolute Gasteiger partial charge is 0.307 e. The SMILES string of the molecule is CCc1nc(SC)nc2c1CNC2. The molecule has 0 aromatic carbocycles. The first kappa shape index (κ1) is 8.97. The van der Waals surface area contributed by atoms with E-state index in [9.17, 15) is 0 Å². The molecule has 0 aliphatic carbocycles. The van der Waals surface area contributed by atoms with Gasteiger partial charge in [0.25, 0.3) is 0 Å². The van der Waals surface area contributed by atoms with Crippen molar-refractivity contribution in [3.05, 3.63) is 17.0 Å². The second-order valence-corrected chi connectivity index (χ2v) is 3.81. The third-order valence-electron chi connectivity index (χ3n) is 2.27. The number of aromatic nitrogens is 2. The van der Waals surface area contributed by atoms with E-state index >= 15 is 0 Å². The van der Waals surface area contributed by atoms with Crippen LogP contribution in [0.15, 0.2) is 5.16 Å². The van der Waals surface area contributed by atoms with E-state index in [1.54, 1.807) is 11.8 Å². The first-order valence-corrected chi connectivity index (χ1v) is 5.71. The minimum absolute atomic E-state index is 0.901. The highest BCUT2D eigenvalue weighted by Crippen LogP contribution is 2.20. The summed E-state index contributed by atoms with van der Waals surface area (Å²) in [6.07, 6.45) is 3.02. The fraction of sp³-hybridized carbons (Fsp3) is 0.556. The van der Waals surface area contributed by atoms with Crippen LogP contribution in [-0.4, -0.2) is 16.2 Å². The molecular formula is C9H13N3S. The zero-order valence-electron chi connectivity index (χ0n) is 7.92. The molecule has 0 amide bonds. The molecule has 1 aromatic heterocycles. The minimum atomic E-state index is 0.901. The number of aryl methyl sites for hydroxylation is 1. The molecule has 1 aromatic rings. The summed E-state index contributed by atoms with van der Waals surface area (Å²) in [5.41, 5.74) is 3.72. The number of hydrogen-bond donors (Lipinski definition) is 1. The Hall–Kier alpha value is -0.610. The van der Waals surface area contributed by atoms with Crippen molar-refractivity contribution >= 4 is 11.8 Å². The summed E-state index contributed by atoms with van der Waals surface area (Å²) in [7, 11) is 0. The summed E-state index contributed by atoms with van der Waals surface area (Å²) in [6.45, 7) is 3.98. The van der Waals surface area contributed by atoms with Gasteiger partial charge in [-0.1, -0.05) is 18.7 Å². The summed E-state index contributed by atoms with van der Waals surface area (Å²) in [5, 5.41) is 4.20. The summed E-state index contributed by atoms with van der Waals surface area (Å²) in [5.74, 6) is 0. The lowest BCUT2D eigenvalue weighted by Gasteiger charge is -2.05. The molecule has 0 spiro atoms. The smallest absolute Gasteiger partial charge is 0.187 e. The maximum Gasteiger partial charge on any atom is 0.187 e. The number of nitrogens with one attached hydrogen (secondary N) is 1. The van der Waals surface area contributed by atoms with Crippen LogP contribution in [0.5, 0.6) is 0 Å². The topological polar surface area (TPSA) is 37.8 Å². The van der Waals surface area contributed by atoms with Gasteiger partial charge in [0.2, 0.25) is 0 Å². The minimum Gasteiger partial charge on any atom is -0.307 e. The van der Waals surface area contributed by atoms with Crippen LogP contribution in [-0.2, 0) is 19.5 Å². The normalized spacial score (nSPS) is 14.6. The molecule has 0 saturated carbocycles. The van der Waals surface area contributed by atoms with E-state index in [1.165, 1.54) is 17.0 Å². The molecule has 4 heteroatoms. The Kier molecular flexibility index (Phi) is 2.51. The van der Waals surface area contributed by atoms with Crippen LogP contribution in [0.25, 0.3) is 0 Å². The zero-order valence-corrected chi connectivity index (χ0v) is 8.74. The zero-order chi connectivity index (χ0) is 9.26. The van der Waals surface area contributed by atoms with Crippen LogP contribution >= 0.6 is 11.8 Å². The van der Waals surface area contributed by atoms with Gasteiger partial charge in [0.15, 0.2) is 5.16 Å². The van der Waals surface area contributed by atoms with Gasteiger partial charge in [0.1, 0.15) is 0 Å². The molecule has 2 heterocycles. The summed E-state index contributed by atoms with van der Waals surface area (Å²) in [6, 6.07) is 0. The standard InChI is InChI=1S/C9H13N3S/c1-3-7-6-4-10-5-8(6)12-9(11-7)13-2/h10H,3-5H2,1-2H3. The third kappa shape index (κ3) is 1.56. The van der Waals surface area contributed by atoms with Crippen LogP contribution in [0.4, 0.5) is 0 Å². The van der Waals surface area contributed by atoms with Crippen molar-refractivity contribution in [2.75, 3.05) is 6.26 Å². The quantitative estimate of drug-likeness (QED) is 0.571. The molecule has 0 fully saturated rings. The van der Waals surface area contributed by atoms with Crippen molar-refractivity contribution in [1.82, 2.24) is 15.3 Å². The average molecular weight is 195 g/mol. The van der Waals surface area contributed by atoms with Crippen molar-refractivity contribution in [1.29, 1.82) is 0 Å². The molecule has 13 heavy (non-hydrogen) atoms. The fourth-order valence-electron chi connectivity index (χ4n) is 1.60. The molecule has 2 rings (SSSR count). The van der Waals surface area contributed by atoms with Crippen LogP contribution in [0.1, 0.15) is 23.9 Å². The lowest BCUT2D eigenvalue weighted by atomic mass is 10.1. The number of hydrogen-bond acceptors (Lipinski definition) is 4. The summed E-state index contributed by atoms with van der Waals surface area (Å²) < 4.78 is 0. The van der Waals surface area contributed by atoms with Gasteiger partial charge in [-0.15, -0.1) is 0 Å². The van der Waals surface area contributed by atoms with Gasteiger partial charge < -0.3 is 5.32 Å². The Bertz CT molecular complexity index is 325. The molecule has 1 N–H and O–H groups in total. The molecule has 0 unspecified atom stereocenters. The highest BCUT2D eigenvalue weighted by molar-refractivity contribution is 7.98. The van der Waals surface area contributed by atoms with Gasteiger partial charge in [-0.05, 0) is 12.7 Å². The molecular weight excluding hydrogens is 182 g/mol. The molecule has 3 nitrogen and oxygen atoms in total. The number of nitrogens with zero attached hydrogens (tertiary/aromatic N) is 2. The Morgan fingerprint density at radius 1 is 1.38 bits per heavy atom. The second-order valence-electron chi connectivity index (χ2n) is 3.04. The molecule has 0 radical (unpaired) electrons. The highest BCUT2D eigenvalue weighted by atomic mass is 32.2. The van der Waals surface area contributed by atoms with Gasteiger partial charge in [0, 0.05) is 24.3 Å². The predicted molar refractivity (Wildman–Crippen MR) is 53.7 cm³/mol. The van der Waals surface area contributed by atoms with Crippen LogP contribution in [0.2, 0.25) is 0 Å². The molecule has 0 saturated heterocycles. The summed E-state index contributed by atoms with van der Waals surface area (Å²) >= 11 is 1.61. The predicted octanol–water partition coefficient (Wildman–Crippen LogP) is 1.36. The van der Waals surface area contributed by atoms with Gasteiger partial charge in [0.05, 0.1) is 5.69 Å². The van der Waals surface area contributed by atoms with E-state index in [0.29, 0.717) is 0 Å². The maximum absolute atomic E-state index is 4.49. The van der Waals surface area contributed by atoms with Crippen molar-refractivity contribution in [2.45, 2.75) is 31.6 Å². The Morgan fingerprint density at radius 3 is 2.92 bits per heavy atom. The first-order valence-electron chi connectivity index (χ1n) is 4.48.